The predicted molar refractivity (Wildman–Crippen MR) is 46.0 cm³/mol. The van der Waals surface area contributed by atoms with Crippen LogP contribution in [0.2, 0.25) is 0 Å². The third kappa shape index (κ3) is 36.6. The summed E-state index contributed by atoms with van der Waals surface area (Å²) >= 11 is 0. The Balaban J connectivity index is 0. The summed E-state index contributed by atoms with van der Waals surface area (Å²) in [6.45, 7) is 0. The zero-order valence-corrected chi connectivity index (χ0v) is 29.3. The summed E-state index contributed by atoms with van der Waals surface area (Å²) in [5.74, 6) is 0. The maximum absolute atomic E-state index is 0. The van der Waals surface area contributed by atoms with Gasteiger partial charge in [0.2, 0.25) is 0 Å². The standard InChI is InChI=1S/5Sn.3Sr. The molecule has 0 aromatic heterocycles. The van der Waals surface area contributed by atoms with Crippen molar-refractivity contribution in [2.75, 3.05) is 0 Å². The van der Waals surface area contributed by atoms with Gasteiger partial charge < -0.3 is 0 Å². The van der Waals surface area contributed by atoms with Crippen LogP contribution in [0.4, 0.5) is 0 Å². The fraction of sp³-hybridized carbons (Fsp3) is 0. The Morgan fingerprint density at radius 3 is 0.250 bits per heavy atom. The Kier molecular flexibility index (Phi) is 311. The van der Waals surface area contributed by atoms with E-state index in [1.54, 1.807) is 0 Å². The zero-order chi connectivity index (χ0) is 0. The molecule has 0 aromatic rings. The van der Waals surface area contributed by atoms with E-state index in [-0.39, 0.29) is 256 Å². The predicted octanol–water partition coefficient (Wildman–Crippen LogP) is -3.05. The van der Waals surface area contributed by atoms with E-state index in [0.29, 0.717) is 0 Å². The molecule has 8 heteroatoms. The van der Waals surface area contributed by atoms with Crippen LogP contribution in [-0.4, -0.2) is 256 Å². The van der Waals surface area contributed by atoms with Crippen molar-refractivity contribution in [3.63, 3.8) is 0 Å². The maximum Gasteiger partial charge on any atom is 0 e. The van der Waals surface area contributed by atoms with Gasteiger partial charge in [0.1, 0.15) is 0 Å². The van der Waals surface area contributed by atoms with Gasteiger partial charge in [0.25, 0.3) is 0 Å². The molecule has 0 aliphatic rings. The first-order chi connectivity index (χ1) is 0. The Morgan fingerprint density at radius 2 is 0.250 bits per heavy atom. The van der Waals surface area contributed by atoms with Crippen LogP contribution in [0.3, 0.4) is 0 Å². The normalized spacial score (nSPS) is 0. The van der Waals surface area contributed by atoms with Crippen LogP contribution in [-0.2, 0) is 0 Å². The maximum atomic E-state index is 0. The molecular weight excluding hydrogens is 856 g/mol. The Labute approximate surface area is 247 Å². The second-order valence-corrected chi connectivity index (χ2v) is 0. The molecule has 0 fully saturated rings. The molecule has 0 nitrogen and oxygen atoms in total. The van der Waals surface area contributed by atoms with Crippen LogP contribution >= 0.6 is 0 Å². The first-order valence-corrected chi connectivity index (χ1v) is 0. The molecule has 0 aliphatic carbocycles. The molecular formula is Sn5Sr3. The third-order valence-electron chi connectivity index (χ3n) is 0. The molecule has 0 saturated carbocycles. The summed E-state index contributed by atoms with van der Waals surface area (Å²) < 4.78 is 0. The van der Waals surface area contributed by atoms with Gasteiger partial charge in [0.15, 0.2) is 0 Å². The fourth-order valence-electron chi connectivity index (χ4n) is 0. The van der Waals surface area contributed by atoms with Crippen molar-refractivity contribution in [3.05, 3.63) is 0 Å². The van der Waals surface area contributed by atoms with Crippen LogP contribution in [0.5, 0.6) is 0 Å². The SMILES string of the molecule is [Sn].[Sn].[Sn].[Sn].[Sn].[Sr].[Sr].[Sr]. The summed E-state index contributed by atoms with van der Waals surface area (Å²) in [6, 6.07) is 0. The molecule has 26 valence electrons. The van der Waals surface area contributed by atoms with E-state index in [1.165, 1.54) is 0 Å². The minimum atomic E-state index is 0. The van der Waals surface area contributed by atoms with Crippen LogP contribution in [0, 0.1) is 0 Å². The quantitative estimate of drug-likeness (QED) is 0.228. The second kappa shape index (κ2) is 45.2. The van der Waals surface area contributed by atoms with E-state index in [0.717, 1.165) is 0 Å². The molecule has 0 saturated heterocycles. The van der Waals surface area contributed by atoms with E-state index in [4.69, 9.17) is 0 Å². The molecule has 26 radical (unpaired) electrons. The third-order valence-corrected chi connectivity index (χ3v) is 0. The fourth-order valence-corrected chi connectivity index (χ4v) is 0. The van der Waals surface area contributed by atoms with Gasteiger partial charge in [0, 0.05) is 256 Å². The summed E-state index contributed by atoms with van der Waals surface area (Å²) in [6.07, 6.45) is 0. The average molecular weight is 856 g/mol. The van der Waals surface area contributed by atoms with Crippen LogP contribution < -0.4 is 0 Å². The smallest absolute Gasteiger partial charge is 0 e. The van der Waals surface area contributed by atoms with Crippen molar-refractivity contribution in [1.82, 2.24) is 0 Å². The van der Waals surface area contributed by atoms with Crippen LogP contribution in [0.25, 0.3) is 0 Å². The van der Waals surface area contributed by atoms with Gasteiger partial charge in [-0.05, 0) is 0 Å². The average Bonchev–Trinajstić information content (AvgIpc) is 0. The Bertz CT molecular complexity index is 7.64. The molecule has 0 rings (SSSR count). The van der Waals surface area contributed by atoms with Crippen LogP contribution in [0.1, 0.15) is 0 Å². The Hall–Kier alpha value is 8.44. The van der Waals surface area contributed by atoms with E-state index >= 15 is 0 Å². The molecule has 0 atom stereocenters. The molecule has 0 spiro atoms. The van der Waals surface area contributed by atoms with E-state index < -0.39 is 0 Å². The molecule has 0 aliphatic heterocycles. The first-order valence-electron chi connectivity index (χ1n) is 0. The van der Waals surface area contributed by atoms with Crippen molar-refractivity contribution in [2.45, 2.75) is 0 Å². The number of hydrogen-bond donors (Lipinski definition) is 0. The van der Waals surface area contributed by atoms with Gasteiger partial charge in [-0.1, -0.05) is 0 Å². The molecule has 0 bridgehead atoms. The van der Waals surface area contributed by atoms with Crippen molar-refractivity contribution >= 4 is 256 Å². The molecule has 0 heterocycles. The van der Waals surface area contributed by atoms with Crippen molar-refractivity contribution in [2.24, 2.45) is 0 Å². The second-order valence-electron chi connectivity index (χ2n) is 0. The first kappa shape index (κ1) is 55.0. The van der Waals surface area contributed by atoms with Crippen molar-refractivity contribution in [3.8, 4) is 0 Å². The summed E-state index contributed by atoms with van der Waals surface area (Å²) in [4.78, 5) is 0. The van der Waals surface area contributed by atoms with E-state index in [1.807, 2.05) is 0 Å². The zero-order valence-electron chi connectivity index (χ0n) is 4.62. The van der Waals surface area contributed by atoms with Gasteiger partial charge in [-0.15, -0.1) is 0 Å². The van der Waals surface area contributed by atoms with Gasteiger partial charge in [-0.2, -0.15) is 0 Å². The summed E-state index contributed by atoms with van der Waals surface area (Å²) in [7, 11) is 0. The molecule has 0 N–H and O–H groups in total. The molecule has 8 heavy (non-hydrogen) atoms. The number of hydrogen-bond acceptors (Lipinski definition) is 0. The molecule has 0 aromatic carbocycles. The Morgan fingerprint density at radius 1 is 0.250 bits per heavy atom. The number of rotatable bonds is 0. The topological polar surface area (TPSA) is 0 Å². The van der Waals surface area contributed by atoms with Gasteiger partial charge >= 0.3 is 0 Å². The van der Waals surface area contributed by atoms with Gasteiger partial charge in [-0.25, -0.2) is 0 Å². The summed E-state index contributed by atoms with van der Waals surface area (Å²) in [5, 5.41) is 0. The van der Waals surface area contributed by atoms with Gasteiger partial charge in [0.05, 0.1) is 0 Å². The van der Waals surface area contributed by atoms with Crippen molar-refractivity contribution < 1.29 is 0 Å². The summed E-state index contributed by atoms with van der Waals surface area (Å²) in [5.41, 5.74) is 0. The van der Waals surface area contributed by atoms with E-state index in [2.05, 4.69) is 0 Å². The molecule has 0 amide bonds. The minimum absolute atomic E-state index is 0. The van der Waals surface area contributed by atoms with Crippen molar-refractivity contribution in [1.29, 1.82) is 0 Å². The monoisotopic (exact) mass is 863 g/mol. The minimum Gasteiger partial charge on any atom is 0 e. The molecule has 0 unspecified atom stereocenters. The van der Waals surface area contributed by atoms with E-state index in [9.17, 15) is 0 Å². The largest absolute Gasteiger partial charge is 0 e. The van der Waals surface area contributed by atoms with Gasteiger partial charge in [-0.3, -0.25) is 0 Å². The van der Waals surface area contributed by atoms with Crippen LogP contribution in [0.15, 0.2) is 0 Å².